The minimum atomic E-state index is 0.631. The summed E-state index contributed by atoms with van der Waals surface area (Å²) < 4.78 is 5.19. The van der Waals surface area contributed by atoms with E-state index < -0.39 is 0 Å². The number of hydrogen-bond acceptors (Lipinski definition) is 1. The maximum absolute atomic E-state index is 5.19. The molecule has 0 saturated heterocycles. The summed E-state index contributed by atoms with van der Waals surface area (Å²) in [4.78, 5) is 0. The quantitative estimate of drug-likeness (QED) is 0.745. The van der Waals surface area contributed by atoms with Crippen molar-refractivity contribution in [1.82, 2.24) is 0 Å². The Hall–Kier alpha value is -0.980. The van der Waals surface area contributed by atoms with Crippen LogP contribution in [-0.2, 0) is 0 Å². The Labute approximate surface area is 97.8 Å². The van der Waals surface area contributed by atoms with Crippen LogP contribution in [0.3, 0.4) is 0 Å². The average Bonchev–Trinajstić information content (AvgIpc) is 3.15. The van der Waals surface area contributed by atoms with E-state index in [1.807, 2.05) is 0 Å². The van der Waals surface area contributed by atoms with E-state index in [2.05, 4.69) is 38.1 Å². The zero-order valence-corrected chi connectivity index (χ0v) is 10.4. The van der Waals surface area contributed by atoms with E-state index in [4.69, 9.17) is 4.74 Å². The SMILES string of the molecule is COc1ccc(C2CC2C2CC2(C)C)cc1. The Morgan fingerprint density at radius 3 is 2.31 bits per heavy atom. The molecule has 0 amide bonds. The van der Waals surface area contributed by atoms with Crippen molar-refractivity contribution in [3.05, 3.63) is 29.8 Å². The molecule has 0 heterocycles. The molecule has 2 aliphatic rings. The summed E-state index contributed by atoms with van der Waals surface area (Å²) in [6.45, 7) is 4.81. The maximum atomic E-state index is 5.19. The topological polar surface area (TPSA) is 9.23 Å². The van der Waals surface area contributed by atoms with Gasteiger partial charge in [0, 0.05) is 0 Å². The van der Waals surface area contributed by atoms with Crippen LogP contribution in [0.5, 0.6) is 5.75 Å². The second-order valence-electron chi connectivity index (χ2n) is 6.08. The molecule has 0 N–H and O–H groups in total. The van der Waals surface area contributed by atoms with E-state index in [9.17, 15) is 0 Å². The molecule has 0 bridgehead atoms. The molecule has 1 nitrogen and oxygen atoms in total. The molecular weight excluding hydrogens is 196 g/mol. The zero-order chi connectivity index (χ0) is 11.3. The third-order valence-corrected chi connectivity index (χ3v) is 4.49. The average molecular weight is 216 g/mol. The first-order valence-corrected chi connectivity index (χ1v) is 6.26. The van der Waals surface area contributed by atoms with Crippen molar-refractivity contribution >= 4 is 0 Å². The predicted octanol–water partition coefficient (Wildman–Crippen LogP) is 3.84. The lowest BCUT2D eigenvalue weighted by Gasteiger charge is -2.04. The van der Waals surface area contributed by atoms with Gasteiger partial charge < -0.3 is 4.74 Å². The third kappa shape index (κ3) is 1.63. The molecular formula is C15H20O. The highest BCUT2D eigenvalue weighted by Crippen LogP contribution is 2.67. The summed E-state index contributed by atoms with van der Waals surface area (Å²) in [6, 6.07) is 8.64. The van der Waals surface area contributed by atoms with Gasteiger partial charge in [-0.3, -0.25) is 0 Å². The molecule has 2 aliphatic carbocycles. The van der Waals surface area contributed by atoms with Crippen molar-refractivity contribution in [3.63, 3.8) is 0 Å². The van der Waals surface area contributed by atoms with E-state index in [-0.39, 0.29) is 0 Å². The first-order chi connectivity index (χ1) is 7.62. The van der Waals surface area contributed by atoms with Crippen molar-refractivity contribution < 1.29 is 4.74 Å². The summed E-state index contributed by atoms with van der Waals surface area (Å²) in [5.41, 5.74) is 2.14. The predicted molar refractivity (Wildman–Crippen MR) is 65.7 cm³/mol. The van der Waals surface area contributed by atoms with Crippen molar-refractivity contribution in [2.45, 2.75) is 32.6 Å². The molecule has 1 aromatic rings. The smallest absolute Gasteiger partial charge is 0.118 e. The summed E-state index contributed by atoms with van der Waals surface area (Å²) in [7, 11) is 1.72. The van der Waals surface area contributed by atoms with Crippen molar-refractivity contribution in [2.75, 3.05) is 7.11 Å². The Balaban J connectivity index is 1.67. The van der Waals surface area contributed by atoms with Crippen LogP contribution in [0.1, 0.15) is 38.2 Å². The maximum Gasteiger partial charge on any atom is 0.118 e. The van der Waals surface area contributed by atoms with Gasteiger partial charge in [-0.1, -0.05) is 26.0 Å². The van der Waals surface area contributed by atoms with Crippen molar-refractivity contribution in [3.8, 4) is 5.75 Å². The van der Waals surface area contributed by atoms with Crippen LogP contribution in [0.25, 0.3) is 0 Å². The van der Waals surface area contributed by atoms with Gasteiger partial charge in [-0.05, 0) is 53.7 Å². The lowest BCUT2D eigenvalue weighted by atomic mass is 10.0. The minimum absolute atomic E-state index is 0.631. The number of rotatable bonds is 3. The number of ether oxygens (including phenoxy) is 1. The standard InChI is InChI=1S/C15H20O/c1-15(2)9-14(15)13-8-12(13)10-4-6-11(16-3)7-5-10/h4-7,12-14H,8-9H2,1-3H3. The van der Waals surface area contributed by atoms with Gasteiger partial charge in [0.15, 0.2) is 0 Å². The highest BCUT2D eigenvalue weighted by Gasteiger charge is 2.58. The molecule has 2 saturated carbocycles. The summed E-state index contributed by atoms with van der Waals surface area (Å²) in [6.07, 6.45) is 2.84. The van der Waals surface area contributed by atoms with Crippen LogP contribution in [0, 0.1) is 17.3 Å². The fraction of sp³-hybridized carbons (Fsp3) is 0.600. The molecule has 0 aromatic heterocycles. The molecule has 3 rings (SSSR count). The highest BCUT2D eigenvalue weighted by atomic mass is 16.5. The minimum Gasteiger partial charge on any atom is -0.497 e. The lowest BCUT2D eigenvalue weighted by molar-refractivity contribution is 0.414. The highest BCUT2D eigenvalue weighted by molar-refractivity contribution is 5.33. The number of methoxy groups -OCH3 is 1. The Kier molecular flexibility index (Phi) is 2.07. The molecule has 3 atom stereocenters. The number of benzene rings is 1. The van der Waals surface area contributed by atoms with Crippen LogP contribution in [0.15, 0.2) is 24.3 Å². The van der Waals surface area contributed by atoms with E-state index in [1.54, 1.807) is 7.11 Å². The van der Waals surface area contributed by atoms with Gasteiger partial charge in [0.05, 0.1) is 7.11 Å². The molecule has 0 radical (unpaired) electrons. The summed E-state index contributed by atoms with van der Waals surface area (Å²) in [5.74, 6) is 3.74. The molecule has 2 fully saturated rings. The Morgan fingerprint density at radius 2 is 1.81 bits per heavy atom. The van der Waals surface area contributed by atoms with E-state index in [0.29, 0.717) is 5.41 Å². The third-order valence-electron chi connectivity index (χ3n) is 4.49. The van der Waals surface area contributed by atoms with Gasteiger partial charge in [-0.15, -0.1) is 0 Å². The fourth-order valence-corrected chi connectivity index (χ4v) is 3.13. The molecule has 3 unspecified atom stereocenters. The molecule has 1 heteroatoms. The van der Waals surface area contributed by atoms with Crippen molar-refractivity contribution in [2.24, 2.45) is 17.3 Å². The monoisotopic (exact) mass is 216 g/mol. The normalized spacial score (nSPS) is 34.6. The molecule has 1 aromatic carbocycles. The number of hydrogen-bond donors (Lipinski definition) is 0. The molecule has 0 spiro atoms. The first kappa shape index (κ1) is 10.2. The van der Waals surface area contributed by atoms with Crippen molar-refractivity contribution in [1.29, 1.82) is 0 Å². The van der Waals surface area contributed by atoms with Crippen LogP contribution < -0.4 is 4.74 Å². The van der Waals surface area contributed by atoms with Crippen LogP contribution >= 0.6 is 0 Å². The van der Waals surface area contributed by atoms with E-state index >= 15 is 0 Å². The Morgan fingerprint density at radius 1 is 1.19 bits per heavy atom. The van der Waals surface area contributed by atoms with Gasteiger partial charge in [0.25, 0.3) is 0 Å². The summed E-state index contributed by atoms with van der Waals surface area (Å²) >= 11 is 0. The molecule has 0 aliphatic heterocycles. The van der Waals surface area contributed by atoms with E-state index in [1.165, 1.54) is 18.4 Å². The summed E-state index contributed by atoms with van der Waals surface area (Å²) in [5, 5.41) is 0. The van der Waals surface area contributed by atoms with Gasteiger partial charge >= 0.3 is 0 Å². The Bertz CT molecular complexity index is 390. The van der Waals surface area contributed by atoms with Gasteiger partial charge in [-0.2, -0.15) is 0 Å². The fourth-order valence-electron chi connectivity index (χ4n) is 3.13. The second kappa shape index (κ2) is 3.26. The first-order valence-electron chi connectivity index (χ1n) is 6.26. The lowest BCUT2D eigenvalue weighted by Crippen LogP contribution is -1.94. The van der Waals surface area contributed by atoms with E-state index in [0.717, 1.165) is 23.5 Å². The second-order valence-corrected chi connectivity index (χ2v) is 6.08. The van der Waals surface area contributed by atoms with Crippen LogP contribution in [-0.4, -0.2) is 7.11 Å². The van der Waals surface area contributed by atoms with Gasteiger partial charge in [-0.25, -0.2) is 0 Å². The van der Waals surface area contributed by atoms with Gasteiger partial charge in [0.1, 0.15) is 5.75 Å². The van der Waals surface area contributed by atoms with Crippen LogP contribution in [0.4, 0.5) is 0 Å². The van der Waals surface area contributed by atoms with Gasteiger partial charge in [0.2, 0.25) is 0 Å². The largest absolute Gasteiger partial charge is 0.497 e. The molecule has 86 valence electrons. The van der Waals surface area contributed by atoms with Crippen LogP contribution in [0.2, 0.25) is 0 Å². The zero-order valence-electron chi connectivity index (χ0n) is 10.4. The molecule has 16 heavy (non-hydrogen) atoms.